The summed E-state index contributed by atoms with van der Waals surface area (Å²) in [6.45, 7) is 2.05. The van der Waals surface area contributed by atoms with Crippen LogP contribution in [-0.2, 0) is 6.42 Å². The van der Waals surface area contributed by atoms with Crippen LogP contribution in [0.3, 0.4) is 0 Å². The minimum absolute atomic E-state index is 0.690. The lowest BCUT2D eigenvalue weighted by Gasteiger charge is -2.10. The van der Waals surface area contributed by atoms with Gasteiger partial charge in [-0.25, -0.2) is 4.98 Å². The zero-order valence-electron chi connectivity index (χ0n) is 11.9. The minimum Gasteiger partial charge on any atom is -0.340 e. The van der Waals surface area contributed by atoms with Crippen molar-refractivity contribution in [1.82, 2.24) is 14.6 Å². The number of fused-ring (bicyclic) bond motifs is 1. The van der Waals surface area contributed by atoms with Crippen molar-refractivity contribution < 1.29 is 0 Å². The first-order valence-corrected chi connectivity index (χ1v) is 7.52. The molecule has 3 aromatic rings. The molecule has 108 valence electrons. The van der Waals surface area contributed by atoms with Crippen LogP contribution < -0.4 is 5.32 Å². The van der Waals surface area contributed by atoms with E-state index in [1.165, 1.54) is 5.56 Å². The normalized spacial score (nSPS) is 11.0. The lowest BCUT2D eigenvalue weighted by molar-refractivity contribution is 0.928. The van der Waals surface area contributed by atoms with Crippen molar-refractivity contribution >= 4 is 28.8 Å². The molecular weight excluding hydrogens is 284 g/mol. The summed E-state index contributed by atoms with van der Waals surface area (Å²) in [6, 6.07) is 12.5. The Labute approximate surface area is 128 Å². The van der Waals surface area contributed by atoms with Crippen LogP contribution in [0.1, 0.15) is 17.5 Å². The fourth-order valence-corrected chi connectivity index (χ4v) is 2.50. The monoisotopic (exact) mass is 300 g/mol. The van der Waals surface area contributed by atoms with Crippen molar-refractivity contribution in [2.75, 3.05) is 11.2 Å². The SMILES string of the molecule is Cc1cc(Nc2cccc(CCCCl)c2)n2ncnc2c1. The first-order chi connectivity index (χ1) is 10.3. The van der Waals surface area contributed by atoms with Gasteiger partial charge in [0.25, 0.3) is 0 Å². The Hall–Kier alpha value is -2.07. The summed E-state index contributed by atoms with van der Waals surface area (Å²) >= 11 is 5.76. The average Bonchev–Trinajstić information content (AvgIpc) is 2.94. The van der Waals surface area contributed by atoms with Crippen LogP contribution in [0.15, 0.2) is 42.7 Å². The van der Waals surface area contributed by atoms with Crippen molar-refractivity contribution in [3.8, 4) is 0 Å². The predicted molar refractivity (Wildman–Crippen MR) is 86.5 cm³/mol. The maximum Gasteiger partial charge on any atom is 0.157 e. The van der Waals surface area contributed by atoms with Gasteiger partial charge in [0.15, 0.2) is 5.65 Å². The summed E-state index contributed by atoms with van der Waals surface area (Å²) in [5.41, 5.74) is 4.32. The van der Waals surface area contributed by atoms with E-state index in [2.05, 4.69) is 52.7 Å². The van der Waals surface area contributed by atoms with Crippen molar-refractivity contribution in [2.24, 2.45) is 0 Å². The third-order valence-electron chi connectivity index (χ3n) is 3.32. The molecule has 0 radical (unpaired) electrons. The van der Waals surface area contributed by atoms with Gasteiger partial charge in [-0.15, -0.1) is 11.6 Å². The van der Waals surface area contributed by atoms with Crippen LogP contribution in [0.25, 0.3) is 5.65 Å². The number of hydrogen-bond donors (Lipinski definition) is 1. The summed E-state index contributed by atoms with van der Waals surface area (Å²) in [5, 5.41) is 7.67. The zero-order chi connectivity index (χ0) is 14.7. The maximum atomic E-state index is 5.76. The second kappa shape index (κ2) is 6.14. The molecule has 2 heterocycles. The molecule has 0 saturated carbocycles. The van der Waals surface area contributed by atoms with E-state index in [4.69, 9.17) is 11.6 Å². The van der Waals surface area contributed by atoms with Crippen LogP contribution in [0, 0.1) is 6.92 Å². The molecule has 0 aliphatic heterocycles. The van der Waals surface area contributed by atoms with Crippen LogP contribution >= 0.6 is 11.6 Å². The molecule has 1 aromatic carbocycles. The first kappa shape index (κ1) is 13.9. The van der Waals surface area contributed by atoms with Gasteiger partial charge in [-0.2, -0.15) is 9.61 Å². The Balaban J connectivity index is 1.89. The number of benzene rings is 1. The molecule has 0 aliphatic carbocycles. The molecule has 0 saturated heterocycles. The summed E-state index contributed by atoms with van der Waals surface area (Å²) in [6.07, 6.45) is 3.55. The molecule has 0 bridgehead atoms. The molecule has 1 N–H and O–H groups in total. The van der Waals surface area contributed by atoms with E-state index in [0.717, 1.165) is 35.6 Å². The first-order valence-electron chi connectivity index (χ1n) is 6.98. The van der Waals surface area contributed by atoms with E-state index < -0.39 is 0 Å². The van der Waals surface area contributed by atoms with E-state index in [1.807, 2.05) is 6.07 Å². The highest BCUT2D eigenvalue weighted by molar-refractivity contribution is 6.17. The summed E-state index contributed by atoms with van der Waals surface area (Å²) in [7, 11) is 0. The van der Waals surface area contributed by atoms with E-state index in [0.29, 0.717) is 5.88 Å². The Morgan fingerprint density at radius 3 is 3.00 bits per heavy atom. The molecule has 0 aliphatic rings. The molecule has 0 atom stereocenters. The predicted octanol–water partition coefficient (Wildman–Crippen LogP) is 3.95. The highest BCUT2D eigenvalue weighted by atomic mass is 35.5. The summed E-state index contributed by atoms with van der Waals surface area (Å²) < 4.78 is 1.80. The number of nitrogens with zero attached hydrogens (tertiary/aromatic N) is 3. The molecule has 2 aromatic heterocycles. The average molecular weight is 301 g/mol. The van der Waals surface area contributed by atoms with E-state index in [-0.39, 0.29) is 0 Å². The Bertz CT molecular complexity index is 751. The standard InChI is InChI=1S/C16H17ClN4/c1-12-8-15-18-11-19-21(15)16(9-12)20-14-6-2-4-13(10-14)5-3-7-17/h2,4,6,8-11,20H,3,5,7H2,1H3. The van der Waals surface area contributed by atoms with Crippen LogP contribution in [0.2, 0.25) is 0 Å². The molecule has 0 spiro atoms. The van der Waals surface area contributed by atoms with Gasteiger partial charge in [0.05, 0.1) is 0 Å². The van der Waals surface area contributed by atoms with Crippen LogP contribution in [0.5, 0.6) is 0 Å². The number of nitrogens with one attached hydrogen (secondary N) is 1. The fraction of sp³-hybridized carbons (Fsp3) is 0.250. The summed E-state index contributed by atoms with van der Waals surface area (Å²) in [5.74, 6) is 1.60. The summed E-state index contributed by atoms with van der Waals surface area (Å²) in [4.78, 5) is 4.24. The smallest absolute Gasteiger partial charge is 0.157 e. The van der Waals surface area contributed by atoms with Gasteiger partial charge in [-0.3, -0.25) is 0 Å². The van der Waals surface area contributed by atoms with E-state index in [1.54, 1.807) is 10.8 Å². The second-order valence-corrected chi connectivity index (χ2v) is 5.44. The van der Waals surface area contributed by atoms with Gasteiger partial charge in [-0.1, -0.05) is 12.1 Å². The number of hydrogen-bond acceptors (Lipinski definition) is 3. The van der Waals surface area contributed by atoms with Crippen molar-refractivity contribution in [2.45, 2.75) is 19.8 Å². The molecule has 4 nitrogen and oxygen atoms in total. The maximum absolute atomic E-state index is 5.76. The number of aryl methyl sites for hydroxylation is 2. The number of pyridine rings is 1. The quantitative estimate of drug-likeness (QED) is 0.725. The van der Waals surface area contributed by atoms with Crippen LogP contribution in [0.4, 0.5) is 11.5 Å². The molecule has 3 rings (SSSR count). The van der Waals surface area contributed by atoms with Gasteiger partial charge >= 0.3 is 0 Å². The minimum atomic E-state index is 0.690. The van der Waals surface area contributed by atoms with Gasteiger partial charge in [0, 0.05) is 11.6 Å². The van der Waals surface area contributed by atoms with Gasteiger partial charge in [0.2, 0.25) is 0 Å². The Morgan fingerprint density at radius 2 is 2.14 bits per heavy atom. The lowest BCUT2D eigenvalue weighted by atomic mass is 10.1. The highest BCUT2D eigenvalue weighted by Gasteiger charge is 2.05. The van der Waals surface area contributed by atoms with Gasteiger partial charge < -0.3 is 5.32 Å². The van der Waals surface area contributed by atoms with Crippen molar-refractivity contribution in [3.05, 3.63) is 53.9 Å². The molecular formula is C16H17ClN4. The topological polar surface area (TPSA) is 42.2 Å². The van der Waals surface area contributed by atoms with Crippen molar-refractivity contribution in [3.63, 3.8) is 0 Å². The third-order valence-corrected chi connectivity index (χ3v) is 3.59. The largest absolute Gasteiger partial charge is 0.340 e. The van der Waals surface area contributed by atoms with Gasteiger partial charge in [0.1, 0.15) is 12.1 Å². The second-order valence-electron chi connectivity index (χ2n) is 5.07. The number of halogens is 1. The molecule has 5 heteroatoms. The lowest BCUT2D eigenvalue weighted by Crippen LogP contribution is -2.01. The third kappa shape index (κ3) is 3.16. The zero-order valence-corrected chi connectivity index (χ0v) is 12.6. The van der Waals surface area contributed by atoms with E-state index >= 15 is 0 Å². The Kier molecular flexibility index (Phi) is 4.06. The number of rotatable bonds is 5. The van der Waals surface area contributed by atoms with Crippen LogP contribution in [-0.4, -0.2) is 20.5 Å². The number of aromatic nitrogens is 3. The molecule has 0 unspecified atom stereocenters. The Morgan fingerprint density at radius 1 is 1.24 bits per heavy atom. The van der Waals surface area contributed by atoms with Gasteiger partial charge in [-0.05, 0) is 55.2 Å². The van der Waals surface area contributed by atoms with Crippen molar-refractivity contribution in [1.29, 1.82) is 0 Å². The number of anilines is 2. The molecule has 21 heavy (non-hydrogen) atoms. The van der Waals surface area contributed by atoms with E-state index in [9.17, 15) is 0 Å². The molecule has 0 fully saturated rings. The number of alkyl halides is 1. The fourth-order valence-electron chi connectivity index (χ4n) is 2.37. The highest BCUT2D eigenvalue weighted by Crippen LogP contribution is 2.20. The molecule has 0 amide bonds.